The molecule has 0 aromatic carbocycles. The Kier molecular flexibility index (Phi) is 6.51. The molecule has 2 heterocycles. The number of aromatic nitrogens is 2. The highest BCUT2D eigenvalue weighted by Crippen LogP contribution is 2.28. The summed E-state index contributed by atoms with van der Waals surface area (Å²) in [6.45, 7) is 0.329. The predicted octanol–water partition coefficient (Wildman–Crippen LogP) is 0.421. The van der Waals surface area contributed by atoms with Crippen LogP contribution in [0, 0.1) is 5.92 Å². The first-order valence-electron chi connectivity index (χ1n) is 9.28. The Labute approximate surface area is 152 Å². The number of hydrogen-bond donors (Lipinski definition) is 3. The molecule has 3 rings (SSSR count). The molecule has 1 aliphatic heterocycles. The number of aliphatic hydroxyl groups is 1. The second kappa shape index (κ2) is 9.05. The second-order valence-electron chi connectivity index (χ2n) is 6.93. The minimum Gasteiger partial charge on any atom is -0.394 e. The number of nitrogens with one attached hydrogen (secondary N) is 2. The van der Waals surface area contributed by atoms with Crippen LogP contribution in [-0.2, 0) is 9.53 Å². The first-order valence-corrected chi connectivity index (χ1v) is 9.28. The van der Waals surface area contributed by atoms with Crippen LogP contribution < -0.4 is 10.6 Å². The SMILES string of the molecule is O=C(NCC[C@@H]1CC[C@H](NC(=O)C2CCC2)[C@H](CO)O1)c1cnccn1. The van der Waals surface area contributed by atoms with Gasteiger partial charge in [-0.05, 0) is 32.1 Å². The largest absolute Gasteiger partial charge is 0.394 e. The highest BCUT2D eigenvalue weighted by molar-refractivity contribution is 5.91. The van der Waals surface area contributed by atoms with Crippen LogP contribution in [0.1, 0.15) is 49.0 Å². The number of carbonyl (C=O) groups excluding carboxylic acids is 2. The number of amides is 2. The van der Waals surface area contributed by atoms with Crippen LogP contribution in [0.25, 0.3) is 0 Å². The van der Waals surface area contributed by atoms with Gasteiger partial charge in [0.25, 0.3) is 5.91 Å². The lowest BCUT2D eigenvalue weighted by Gasteiger charge is -2.37. The minimum atomic E-state index is -0.395. The molecule has 1 aromatic rings. The molecule has 0 radical (unpaired) electrons. The summed E-state index contributed by atoms with van der Waals surface area (Å²) in [7, 11) is 0. The van der Waals surface area contributed by atoms with Crippen molar-refractivity contribution < 1.29 is 19.4 Å². The Morgan fingerprint density at radius 3 is 2.73 bits per heavy atom. The molecular formula is C18H26N4O4. The Balaban J connectivity index is 1.40. The van der Waals surface area contributed by atoms with Gasteiger partial charge in [-0.3, -0.25) is 14.6 Å². The van der Waals surface area contributed by atoms with Crippen LogP contribution in [0.15, 0.2) is 18.6 Å². The lowest BCUT2D eigenvalue weighted by Crippen LogP contribution is -2.53. The summed E-state index contributed by atoms with van der Waals surface area (Å²) in [6.07, 6.45) is 9.19. The molecule has 8 heteroatoms. The van der Waals surface area contributed by atoms with Crippen LogP contribution in [0.3, 0.4) is 0 Å². The molecule has 1 aliphatic carbocycles. The van der Waals surface area contributed by atoms with E-state index in [-0.39, 0.29) is 42.2 Å². The highest BCUT2D eigenvalue weighted by Gasteiger charge is 2.34. The fourth-order valence-corrected chi connectivity index (χ4v) is 3.33. The molecule has 2 amide bonds. The van der Waals surface area contributed by atoms with Crippen molar-refractivity contribution in [3.63, 3.8) is 0 Å². The average Bonchev–Trinajstić information content (AvgIpc) is 2.62. The topological polar surface area (TPSA) is 113 Å². The van der Waals surface area contributed by atoms with E-state index < -0.39 is 6.10 Å². The molecule has 0 spiro atoms. The maximum Gasteiger partial charge on any atom is 0.271 e. The summed E-state index contributed by atoms with van der Waals surface area (Å²) in [6, 6.07) is -0.140. The van der Waals surface area contributed by atoms with Gasteiger partial charge in [0, 0.05) is 24.9 Å². The van der Waals surface area contributed by atoms with E-state index in [4.69, 9.17) is 4.74 Å². The van der Waals surface area contributed by atoms with Crippen molar-refractivity contribution in [3.05, 3.63) is 24.3 Å². The fraction of sp³-hybridized carbons (Fsp3) is 0.667. The summed E-state index contributed by atoms with van der Waals surface area (Å²) >= 11 is 0. The molecule has 142 valence electrons. The molecule has 0 unspecified atom stereocenters. The third-order valence-corrected chi connectivity index (χ3v) is 5.15. The summed E-state index contributed by atoms with van der Waals surface area (Å²) in [4.78, 5) is 31.9. The number of hydrogen-bond acceptors (Lipinski definition) is 6. The monoisotopic (exact) mass is 362 g/mol. The van der Waals surface area contributed by atoms with E-state index in [0.717, 1.165) is 32.1 Å². The van der Waals surface area contributed by atoms with Gasteiger partial charge in [0.05, 0.1) is 24.9 Å². The van der Waals surface area contributed by atoms with E-state index in [1.807, 2.05) is 0 Å². The molecule has 2 fully saturated rings. The van der Waals surface area contributed by atoms with E-state index in [2.05, 4.69) is 20.6 Å². The van der Waals surface area contributed by atoms with E-state index in [9.17, 15) is 14.7 Å². The summed E-state index contributed by atoms with van der Waals surface area (Å²) in [5.74, 6) is -0.0559. The quantitative estimate of drug-likeness (QED) is 0.648. The molecule has 8 nitrogen and oxygen atoms in total. The third-order valence-electron chi connectivity index (χ3n) is 5.15. The van der Waals surface area contributed by atoms with Crippen molar-refractivity contribution in [2.24, 2.45) is 5.92 Å². The van der Waals surface area contributed by atoms with Gasteiger partial charge >= 0.3 is 0 Å². The van der Waals surface area contributed by atoms with Crippen molar-refractivity contribution in [1.29, 1.82) is 0 Å². The number of aliphatic hydroxyl groups excluding tert-OH is 1. The zero-order valence-corrected chi connectivity index (χ0v) is 14.8. The Bertz CT molecular complexity index is 608. The van der Waals surface area contributed by atoms with Crippen molar-refractivity contribution in [3.8, 4) is 0 Å². The van der Waals surface area contributed by atoms with E-state index in [1.165, 1.54) is 18.6 Å². The minimum absolute atomic E-state index is 0.0498. The molecule has 3 N–H and O–H groups in total. The molecule has 3 atom stereocenters. The van der Waals surface area contributed by atoms with Crippen LogP contribution in [0.5, 0.6) is 0 Å². The maximum atomic E-state index is 12.1. The molecule has 1 saturated heterocycles. The van der Waals surface area contributed by atoms with Crippen LogP contribution >= 0.6 is 0 Å². The molecule has 0 bridgehead atoms. The first-order chi connectivity index (χ1) is 12.7. The van der Waals surface area contributed by atoms with Gasteiger partial charge in [0.1, 0.15) is 11.8 Å². The molecular weight excluding hydrogens is 336 g/mol. The van der Waals surface area contributed by atoms with Crippen LogP contribution in [0.2, 0.25) is 0 Å². The normalized spacial score (nSPS) is 26.0. The smallest absolute Gasteiger partial charge is 0.271 e. The van der Waals surface area contributed by atoms with Crippen LogP contribution in [-0.4, -0.2) is 58.3 Å². The molecule has 1 aromatic heterocycles. The van der Waals surface area contributed by atoms with Crippen molar-refractivity contribution in [2.45, 2.75) is 56.8 Å². The van der Waals surface area contributed by atoms with Gasteiger partial charge in [-0.2, -0.15) is 0 Å². The maximum absolute atomic E-state index is 12.1. The summed E-state index contributed by atoms with van der Waals surface area (Å²) < 4.78 is 5.92. The highest BCUT2D eigenvalue weighted by atomic mass is 16.5. The van der Waals surface area contributed by atoms with Crippen molar-refractivity contribution >= 4 is 11.8 Å². The van der Waals surface area contributed by atoms with E-state index >= 15 is 0 Å². The van der Waals surface area contributed by atoms with Gasteiger partial charge in [0.15, 0.2) is 0 Å². The van der Waals surface area contributed by atoms with Crippen LogP contribution in [0.4, 0.5) is 0 Å². The van der Waals surface area contributed by atoms with Gasteiger partial charge < -0.3 is 20.5 Å². The van der Waals surface area contributed by atoms with E-state index in [1.54, 1.807) is 0 Å². The first kappa shape index (κ1) is 18.7. The Morgan fingerprint density at radius 2 is 2.08 bits per heavy atom. The fourth-order valence-electron chi connectivity index (χ4n) is 3.33. The standard InChI is InChI=1S/C18H26N4O4/c23-11-16-14(22-17(24)12-2-1-3-12)5-4-13(26-16)6-7-21-18(25)15-10-19-8-9-20-15/h8-10,12-14,16,23H,1-7,11H2,(H,21,25)(H,22,24)/t13-,14-,16-/m0/s1. The number of nitrogens with zero attached hydrogens (tertiary/aromatic N) is 2. The lowest BCUT2D eigenvalue weighted by molar-refractivity contribution is -0.134. The molecule has 1 saturated carbocycles. The second-order valence-corrected chi connectivity index (χ2v) is 6.93. The van der Waals surface area contributed by atoms with Crippen molar-refractivity contribution in [2.75, 3.05) is 13.2 Å². The van der Waals surface area contributed by atoms with Gasteiger partial charge in [0.2, 0.25) is 5.91 Å². The number of rotatable bonds is 7. The van der Waals surface area contributed by atoms with Gasteiger partial charge in [-0.15, -0.1) is 0 Å². The average molecular weight is 362 g/mol. The zero-order valence-electron chi connectivity index (χ0n) is 14.8. The predicted molar refractivity (Wildman–Crippen MR) is 93.2 cm³/mol. The molecule has 26 heavy (non-hydrogen) atoms. The third kappa shape index (κ3) is 4.76. The summed E-state index contributed by atoms with van der Waals surface area (Å²) in [5, 5.41) is 15.4. The van der Waals surface area contributed by atoms with Gasteiger partial charge in [-0.1, -0.05) is 6.42 Å². The molecule has 2 aliphatic rings. The Morgan fingerprint density at radius 1 is 1.23 bits per heavy atom. The Hall–Kier alpha value is -2.06. The van der Waals surface area contributed by atoms with Gasteiger partial charge in [-0.25, -0.2) is 4.98 Å². The van der Waals surface area contributed by atoms with Crippen molar-refractivity contribution in [1.82, 2.24) is 20.6 Å². The van der Waals surface area contributed by atoms with E-state index in [0.29, 0.717) is 13.0 Å². The summed E-state index contributed by atoms with van der Waals surface area (Å²) in [5.41, 5.74) is 0.282. The lowest BCUT2D eigenvalue weighted by atomic mass is 9.84. The zero-order chi connectivity index (χ0) is 18.4. The number of ether oxygens (including phenoxy) is 1. The number of carbonyl (C=O) groups is 2.